The molecule has 152 valence electrons. The van der Waals surface area contributed by atoms with Crippen LogP contribution in [0.1, 0.15) is 48.5 Å². The van der Waals surface area contributed by atoms with Crippen molar-refractivity contribution in [2.24, 2.45) is 5.92 Å². The molecule has 7 nitrogen and oxygen atoms in total. The largest absolute Gasteiger partial charge is 0.298 e. The maximum absolute atomic E-state index is 12.8. The number of fused-ring (bicyclic) bond motifs is 1. The van der Waals surface area contributed by atoms with E-state index in [1.807, 2.05) is 0 Å². The van der Waals surface area contributed by atoms with Gasteiger partial charge in [0.1, 0.15) is 5.92 Å². The van der Waals surface area contributed by atoms with Crippen molar-refractivity contribution in [3.63, 3.8) is 0 Å². The minimum absolute atomic E-state index is 0.0490. The molecule has 1 unspecified atom stereocenters. The van der Waals surface area contributed by atoms with Crippen LogP contribution < -0.4 is 0 Å². The topological polar surface area (TPSA) is 119 Å². The Balaban J connectivity index is 2.05. The summed E-state index contributed by atoms with van der Waals surface area (Å²) in [5.41, 5.74) is -0.0781. The normalized spacial score (nSPS) is 22.3. The van der Waals surface area contributed by atoms with Gasteiger partial charge in [-0.3, -0.25) is 14.4 Å². The average Bonchev–Trinajstić information content (AvgIpc) is 2.87. The van der Waals surface area contributed by atoms with E-state index < -0.39 is 47.5 Å². The van der Waals surface area contributed by atoms with E-state index in [1.165, 1.54) is 0 Å². The van der Waals surface area contributed by atoms with Gasteiger partial charge in [0.2, 0.25) is 0 Å². The summed E-state index contributed by atoms with van der Waals surface area (Å²) in [4.78, 5) is 36.7. The van der Waals surface area contributed by atoms with Crippen LogP contribution in [0.2, 0.25) is 5.02 Å². The molecule has 1 aromatic rings. The zero-order valence-corrected chi connectivity index (χ0v) is 17.5. The van der Waals surface area contributed by atoms with E-state index in [-0.39, 0.29) is 52.5 Å². The molecule has 1 saturated carbocycles. The number of carbonyl (C=O) groups excluding carboxylic acids is 3. The van der Waals surface area contributed by atoms with Gasteiger partial charge < -0.3 is 0 Å². The van der Waals surface area contributed by atoms with E-state index in [0.29, 0.717) is 6.42 Å². The highest BCUT2D eigenvalue weighted by Gasteiger charge is 2.47. The second-order valence-electron chi connectivity index (χ2n) is 7.03. The summed E-state index contributed by atoms with van der Waals surface area (Å²) in [6.07, 6.45) is 0.558. The maximum atomic E-state index is 12.8. The van der Waals surface area contributed by atoms with E-state index in [2.05, 4.69) is 0 Å². The highest BCUT2D eigenvalue weighted by molar-refractivity contribution is 8.09. The van der Waals surface area contributed by atoms with Gasteiger partial charge in [0.05, 0.1) is 15.7 Å². The first kappa shape index (κ1) is 21.1. The van der Waals surface area contributed by atoms with Crippen molar-refractivity contribution in [1.29, 1.82) is 0 Å². The molecule has 1 fully saturated rings. The first-order valence-electron chi connectivity index (χ1n) is 8.88. The lowest BCUT2D eigenvalue weighted by Crippen LogP contribution is -2.35. The van der Waals surface area contributed by atoms with Gasteiger partial charge in [-0.2, -0.15) is 0 Å². The van der Waals surface area contributed by atoms with Crippen molar-refractivity contribution in [3.8, 4) is 0 Å². The number of carbonyl (C=O) groups is 3. The smallest absolute Gasteiger partial charge is 0.196 e. The molecule has 1 atom stereocenters. The van der Waals surface area contributed by atoms with Crippen molar-refractivity contribution in [2.45, 2.75) is 48.5 Å². The standard InChI is InChI=1S/C18H19ClO7S2/c1-2-8-27(23,24)15-9-11-14(28(15,25)26)7-6-10(17(11)19)18(22)16-12(20)4-3-5-13(16)21/h6-7,15-16H,2-5,8-9H2,1H3. The quantitative estimate of drug-likeness (QED) is 0.500. The Morgan fingerprint density at radius 2 is 1.79 bits per heavy atom. The Kier molecular flexibility index (Phi) is 5.55. The zero-order valence-electron chi connectivity index (χ0n) is 15.1. The van der Waals surface area contributed by atoms with Gasteiger partial charge in [-0.25, -0.2) is 16.8 Å². The van der Waals surface area contributed by atoms with Crippen LogP contribution in [0.3, 0.4) is 0 Å². The summed E-state index contributed by atoms with van der Waals surface area (Å²) >= 11 is 6.28. The predicted molar refractivity (Wildman–Crippen MR) is 102 cm³/mol. The fourth-order valence-electron chi connectivity index (χ4n) is 3.76. The van der Waals surface area contributed by atoms with E-state index >= 15 is 0 Å². The van der Waals surface area contributed by atoms with Gasteiger partial charge in [0.15, 0.2) is 41.6 Å². The molecular formula is C18H19ClO7S2. The number of hydrogen-bond donors (Lipinski definition) is 0. The van der Waals surface area contributed by atoms with Crippen LogP contribution in [0.25, 0.3) is 0 Å². The van der Waals surface area contributed by atoms with Gasteiger partial charge >= 0.3 is 0 Å². The molecule has 0 bridgehead atoms. The van der Waals surface area contributed by atoms with Gasteiger partial charge in [0.25, 0.3) is 0 Å². The Bertz CT molecular complexity index is 1070. The number of halogens is 1. The van der Waals surface area contributed by atoms with Crippen LogP contribution in [0.5, 0.6) is 0 Å². The lowest BCUT2D eigenvalue weighted by atomic mass is 9.81. The summed E-state index contributed by atoms with van der Waals surface area (Å²) in [5.74, 6) is -3.43. The third kappa shape index (κ3) is 3.33. The second kappa shape index (κ2) is 7.35. The second-order valence-corrected chi connectivity index (χ2v) is 12.1. The molecule has 1 heterocycles. The summed E-state index contributed by atoms with van der Waals surface area (Å²) in [6.45, 7) is 1.63. The first-order valence-corrected chi connectivity index (χ1v) is 12.5. The molecule has 3 rings (SSSR count). The molecule has 28 heavy (non-hydrogen) atoms. The highest BCUT2D eigenvalue weighted by atomic mass is 35.5. The minimum Gasteiger partial charge on any atom is -0.298 e. The molecule has 0 radical (unpaired) electrons. The van der Waals surface area contributed by atoms with Crippen LogP contribution in [0.15, 0.2) is 17.0 Å². The van der Waals surface area contributed by atoms with Crippen molar-refractivity contribution in [3.05, 3.63) is 28.3 Å². The molecule has 0 saturated heterocycles. The molecule has 2 aliphatic rings. The molecule has 1 aliphatic heterocycles. The lowest BCUT2D eigenvalue weighted by molar-refractivity contribution is -0.133. The monoisotopic (exact) mass is 446 g/mol. The van der Waals surface area contributed by atoms with Crippen LogP contribution >= 0.6 is 11.6 Å². The summed E-state index contributed by atoms with van der Waals surface area (Å²) < 4.78 is 48.6. The summed E-state index contributed by atoms with van der Waals surface area (Å²) in [6, 6.07) is 2.30. The van der Waals surface area contributed by atoms with E-state index in [1.54, 1.807) is 6.92 Å². The van der Waals surface area contributed by atoms with Crippen LogP contribution in [-0.2, 0) is 35.7 Å². The molecule has 0 spiro atoms. The Morgan fingerprint density at radius 3 is 2.36 bits per heavy atom. The van der Waals surface area contributed by atoms with E-state index in [4.69, 9.17) is 11.6 Å². The van der Waals surface area contributed by atoms with Crippen molar-refractivity contribution >= 4 is 48.6 Å². The zero-order chi connectivity index (χ0) is 20.9. The number of Topliss-reactive ketones (excluding diaryl/α,β-unsaturated/α-hetero) is 3. The molecule has 0 N–H and O–H groups in total. The minimum atomic E-state index is -4.16. The van der Waals surface area contributed by atoms with Crippen LogP contribution in [-0.4, -0.2) is 44.5 Å². The molecule has 0 aromatic heterocycles. The van der Waals surface area contributed by atoms with Gasteiger partial charge in [-0.1, -0.05) is 18.5 Å². The van der Waals surface area contributed by atoms with E-state index in [9.17, 15) is 31.2 Å². The third-order valence-corrected chi connectivity index (χ3v) is 11.0. The van der Waals surface area contributed by atoms with Crippen molar-refractivity contribution in [1.82, 2.24) is 0 Å². The maximum Gasteiger partial charge on any atom is 0.196 e. The van der Waals surface area contributed by atoms with Gasteiger partial charge in [-0.15, -0.1) is 0 Å². The Morgan fingerprint density at radius 1 is 1.18 bits per heavy atom. The Hall–Kier alpha value is -1.58. The predicted octanol–water partition coefficient (Wildman–Crippen LogP) is 1.94. The summed E-state index contributed by atoms with van der Waals surface area (Å²) in [7, 11) is -8.07. The highest BCUT2D eigenvalue weighted by Crippen LogP contribution is 2.40. The van der Waals surface area contributed by atoms with Gasteiger partial charge in [0, 0.05) is 24.8 Å². The SMILES string of the molecule is CCCS(=O)(=O)C1Cc2c(ccc(C(=O)C3C(=O)CCCC3=O)c2Cl)S1(=O)=O. The van der Waals surface area contributed by atoms with Gasteiger partial charge in [-0.05, 0) is 30.5 Å². The molecule has 10 heteroatoms. The molecule has 1 aromatic carbocycles. The third-order valence-electron chi connectivity index (χ3n) is 5.13. The van der Waals surface area contributed by atoms with E-state index in [0.717, 1.165) is 12.1 Å². The number of sulfone groups is 2. The molecule has 1 aliphatic carbocycles. The number of hydrogen-bond acceptors (Lipinski definition) is 7. The fraction of sp³-hybridized carbons (Fsp3) is 0.500. The summed E-state index contributed by atoms with van der Waals surface area (Å²) in [5, 5.41) is -0.202. The van der Waals surface area contributed by atoms with Crippen LogP contribution in [0, 0.1) is 5.92 Å². The number of rotatable bonds is 5. The van der Waals surface area contributed by atoms with Crippen molar-refractivity contribution < 1.29 is 31.2 Å². The fourth-order valence-corrected chi connectivity index (χ4v) is 9.00. The number of benzene rings is 1. The Labute approximate surface area is 168 Å². The molecule has 0 amide bonds. The van der Waals surface area contributed by atoms with Crippen LogP contribution in [0.4, 0.5) is 0 Å². The lowest BCUT2D eigenvalue weighted by Gasteiger charge is -2.19. The van der Waals surface area contributed by atoms with Crippen molar-refractivity contribution in [2.75, 3.05) is 5.75 Å². The molecular weight excluding hydrogens is 428 g/mol. The number of ketones is 3. The average molecular weight is 447 g/mol. The first-order chi connectivity index (χ1) is 13.0.